The van der Waals surface area contributed by atoms with Crippen molar-refractivity contribution < 1.29 is 17.6 Å². The molecule has 150 valence electrons. The summed E-state index contributed by atoms with van der Waals surface area (Å²) in [6.07, 6.45) is 3.33. The Morgan fingerprint density at radius 1 is 1.14 bits per heavy atom. The maximum absolute atomic E-state index is 12.7. The molecule has 2 aliphatic carbocycles. The Morgan fingerprint density at radius 3 is 2.46 bits per heavy atom. The maximum atomic E-state index is 12.7. The number of hydrogen-bond acceptors (Lipinski definition) is 4. The van der Waals surface area contributed by atoms with E-state index in [1.807, 2.05) is 0 Å². The molecule has 2 saturated carbocycles. The molecule has 28 heavy (non-hydrogen) atoms. The molecule has 0 aliphatic heterocycles. The van der Waals surface area contributed by atoms with Crippen molar-refractivity contribution in [1.82, 2.24) is 5.32 Å². The van der Waals surface area contributed by atoms with Gasteiger partial charge in [0.2, 0.25) is 0 Å². The molecular weight excluding hydrogens is 374 g/mol. The van der Waals surface area contributed by atoms with Gasteiger partial charge in [-0.1, -0.05) is 39.0 Å². The van der Waals surface area contributed by atoms with E-state index in [0.29, 0.717) is 5.92 Å². The molecule has 0 unspecified atom stereocenters. The molecule has 2 aromatic rings. The molecule has 2 fully saturated rings. The molecule has 1 aromatic heterocycles. The van der Waals surface area contributed by atoms with Crippen molar-refractivity contribution in [2.45, 2.75) is 56.7 Å². The average Bonchev–Trinajstić information content (AvgIpc) is 3.25. The van der Waals surface area contributed by atoms with E-state index in [1.165, 1.54) is 6.42 Å². The van der Waals surface area contributed by atoms with Crippen LogP contribution in [0.2, 0.25) is 0 Å². The zero-order valence-corrected chi connectivity index (χ0v) is 17.4. The zero-order chi connectivity index (χ0) is 20.2. The van der Waals surface area contributed by atoms with E-state index in [4.69, 9.17) is 4.42 Å². The predicted molar refractivity (Wildman–Crippen MR) is 107 cm³/mol. The fourth-order valence-electron chi connectivity index (χ4n) is 5.13. The lowest BCUT2D eigenvalue weighted by atomic mass is 9.69. The molecule has 0 spiro atoms. The highest BCUT2D eigenvalue weighted by Crippen LogP contribution is 2.65. The lowest BCUT2D eigenvalue weighted by molar-refractivity contribution is 0.0799. The Morgan fingerprint density at radius 2 is 1.86 bits per heavy atom. The van der Waals surface area contributed by atoms with E-state index in [-0.39, 0.29) is 44.9 Å². The summed E-state index contributed by atoms with van der Waals surface area (Å²) < 4.78 is 30.6. The third kappa shape index (κ3) is 2.98. The average molecular weight is 402 g/mol. The Balaban J connectivity index is 1.46. The number of hydrogen-bond donors (Lipinski definition) is 1. The second-order valence-electron chi connectivity index (χ2n) is 8.97. The van der Waals surface area contributed by atoms with Crippen LogP contribution < -0.4 is 5.32 Å². The second-order valence-corrected chi connectivity index (χ2v) is 11.0. The Bertz CT molecular complexity index is 993. The highest BCUT2D eigenvalue weighted by atomic mass is 32.2. The predicted octanol–water partition coefficient (Wildman–Crippen LogP) is 4.20. The molecule has 1 aromatic carbocycles. The van der Waals surface area contributed by atoms with Crippen molar-refractivity contribution >= 4 is 15.7 Å². The minimum absolute atomic E-state index is 0.0827. The summed E-state index contributed by atoms with van der Waals surface area (Å²) in [6, 6.07) is 11.5. The number of furan rings is 1. The van der Waals surface area contributed by atoms with E-state index in [2.05, 4.69) is 26.1 Å². The number of benzene rings is 1. The van der Waals surface area contributed by atoms with Gasteiger partial charge in [0, 0.05) is 6.04 Å². The van der Waals surface area contributed by atoms with Crippen LogP contribution >= 0.6 is 0 Å². The molecular formula is C22H27NO4S. The molecule has 1 heterocycles. The molecule has 3 atom stereocenters. The zero-order valence-electron chi connectivity index (χ0n) is 16.6. The summed E-state index contributed by atoms with van der Waals surface area (Å²) in [5.41, 5.74) is 0.294. The molecule has 6 heteroatoms. The van der Waals surface area contributed by atoms with Crippen LogP contribution in [-0.2, 0) is 15.6 Å². The highest BCUT2D eigenvalue weighted by molar-refractivity contribution is 7.90. The number of amides is 1. The summed E-state index contributed by atoms with van der Waals surface area (Å²) in [4.78, 5) is 13.0. The van der Waals surface area contributed by atoms with Gasteiger partial charge in [-0.3, -0.25) is 4.79 Å². The maximum Gasteiger partial charge on any atom is 0.287 e. The quantitative estimate of drug-likeness (QED) is 0.815. The minimum atomic E-state index is -3.51. The van der Waals surface area contributed by atoms with Gasteiger partial charge in [0.05, 0.1) is 4.90 Å². The summed E-state index contributed by atoms with van der Waals surface area (Å²) in [5, 5.41) is 3.15. The Kier molecular flexibility index (Phi) is 4.45. The van der Waals surface area contributed by atoms with Gasteiger partial charge >= 0.3 is 0 Å². The first-order valence-corrected chi connectivity index (χ1v) is 11.5. The summed E-state index contributed by atoms with van der Waals surface area (Å²) in [7, 11) is -3.51. The summed E-state index contributed by atoms with van der Waals surface area (Å²) >= 11 is 0. The number of carbonyl (C=O) groups is 1. The fraction of sp³-hybridized carbons (Fsp3) is 0.500. The van der Waals surface area contributed by atoms with Crippen LogP contribution in [-0.4, -0.2) is 20.4 Å². The highest BCUT2D eigenvalue weighted by Gasteiger charge is 2.61. The van der Waals surface area contributed by atoms with Gasteiger partial charge in [0.1, 0.15) is 11.5 Å². The van der Waals surface area contributed by atoms with E-state index >= 15 is 0 Å². The van der Waals surface area contributed by atoms with Crippen LogP contribution in [0.1, 0.15) is 56.3 Å². The first-order valence-electron chi connectivity index (χ1n) is 9.81. The van der Waals surface area contributed by atoms with Crippen LogP contribution in [0.4, 0.5) is 0 Å². The number of sulfone groups is 1. The topological polar surface area (TPSA) is 76.4 Å². The van der Waals surface area contributed by atoms with Crippen molar-refractivity contribution in [2.75, 3.05) is 0 Å². The minimum Gasteiger partial charge on any atom is -0.455 e. The van der Waals surface area contributed by atoms with Crippen LogP contribution in [0.15, 0.2) is 51.8 Å². The van der Waals surface area contributed by atoms with Crippen molar-refractivity contribution in [3.05, 3.63) is 54.0 Å². The monoisotopic (exact) mass is 401 g/mol. The Hall–Kier alpha value is -2.08. The molecule has 2 aliphatic rings. The van der Waals surface area contributed by atoms with Crippen molar-refractivity contribution in [1.29, 1.82) is 0 Å². The molecule has 2 bridgehead atoms. The van der Waals surface area contributed by atoms with E-state index in [9.17, 15) is 13.2 Å². The van der Waals surface area contributed by atoms with Gasteiger partial charge in [-0.15, -0.1) is 0 Å². The third-order valence-corrected chi connectivity index (χ3v) is 9.07. The van der Waals surface area contributed by atoms with Crippen LogP contribution in [0.25, 0.3) is 0 Å². The van der Waals surface area contributed by atoms with Gasteiger partial charge in [-0.2, -0.15) is 0 Å². The summed E-state index contributed by atoms with van der Waals surface area (Å²) in [5.74, 6) is 0.542. The molecule has 1 N–H and O–H groups in total. The normalized spacial score (nSPS) is 28.4. The van der Waals surface area contributed by atoms with Crippen LogP contribution in [0.5, 0.6) is 0 Å². The van der Waals surface area contributed by atoms with Gasteiger partial charge in [0.15, 0.2) is 15.6 Å². The van der Waals surface area contributed by atoms with Crippen molar-refractivity contribution in [3.8, 4) is 0 Å². The van der Waals surface area contributed by atoms with E-state index in [1.54, 1.807) is 42.5 Å². The number of carbonyl (C=O) groups excluding carboxylic acids is 1. The molecule has 1 amide bonds. The van der Waals surface area contributed by atoms with Crippen molar-refractivity contribution in [3.63, 3.8) is 0 Å². The summed E-state index contributed by atoms with van der Waals surface area (Å²) in [6.45, 7) is 6.87. The first kappa shape index (κ1) is 19.2. The SMILES string of the molecule is CC1(C)[C@H]2CC[C@]1(C)[C@H](NC(=O)c1ccc(CS(=O)(=O)c3ccccc3)o1)C2. The van der Waals surface area contributed by atoms with E-state index in [0.717, 1.165) is 12.8 Å². The molecule has 4 rings (SSSR count). The second kappa shape index (κ2) is 6.48. The lowest BCUT2D eigenvalue weighted by Gasteiger charge is -2.39. The smallest absolute Gasteiger partial charge is 0.287 e. The van der Waals surface area contributed by atoms with Gasteiger partial charge in [0.25, 0.3) is 5.91 Å². The van der Waals surface area contributed by atoms with E-state index < -0.39 is 9.84 Å². The van der Waals surface area contributed by atoms with Gasteiger partial charge < -0.3 is 9.73 Å². The lowest BCUT2D eigenvalue weighted by Crippen LogP contribution is -2.46. The first-order chi connectivity index (χ1) is 13.1. The fourth-order valence-corrected chi connectivity index (χ4v) is 6.40. The third-order valence-electron chi connectivity index (χ3n) is 7.42. The largest absolute Gasteiger partial charge is 0.455 e. The van der Waals surface area contributed by atoms with Crippen LogP contribution in [0.3, 0.4) is 0 Å². The van der Waals surface area contributed by atoms with Gasteiger partial charge in [-0.25, -0.2) is 8.42 Å². The Labute approximate surface area is 166 Å². The van der Waals surface area contributed by atoms with Crippen LogP contribution in [0, 0.1) is 16.7 Å². The number of rotatable bonds is 5. The molecule has 0 radical (unpaired) electrons. The molecule has 0 saturated heterocycles. The van der Waals surface area contributed by atoms with Gasteiger partial charge in [-0.05, 0) is 60.3 Å². The standard InChI is InChI=1S/C22H27NO4S/c1-21(2)15-11-12-22(21,3)19(13-15)23-20(24)18-10-9-16(27-18)14-28(25,26)17-7-5-4-6-8-17/h4-10,15,19H,11-14H2,1-3H3,(H,23,24)/t15-,19+,22+/m0/s1. The van der Waals surface area contributed by atoms with Crippen molar-refractivity contribution in [2.24, 2.45) is 16.7 Å². The number of fused-ring (bicyclic) bond motifs is 2. The molecule has 5 nitrogen and oxygen atoms in total. The number of nitrogens with one attached hydrogen (secondary N) is 1.